The van der Waals surface area contributed by atoms with Crippen LogP contribution in [0.4, 0.5) is 0 Å². The monoisotopic (exact) mass is 514 g/mol. The highest BCUT2D eigenvalue weighted by atomic mass is 16.2. The number of amidine groups is 1. The predicted molar refractivity (Wildman–Crippen MR) is 146 cm³/mol. The molecule has 6 unspecified atom stereocenters. The van der Waals surface area contributed by atoms with E-state index in [0.29, 0.717) is 35.8 Å². The van der Waals surface area contributed by atoms with Gasteiger partial charge in [-0.15, -0.1) is 0 Å². The van der Waals surface area contributed by atoms with E-state index in [2.05, 4.69) is 22.0 Å². The first kappa shape index (κ1) is 26.9. The number of primary amides is 1. The molecule has 3 aliphatic carbocycles. The van der Waals surface area contributed by atoms with Crippen LogP contribution in [0.25, 0.3) is 0 Å². The van der Waals surface area contributed by atoms with Crippen LogP contribution in [0, 0.1) is 29.1 Å². The third-order valence-corrected chi connectivity index (χ3v) is 10.8. The Hall–Kier alpha value is -1.67. The van der Waals surface area contributed by atoms with Crippen molar-refractivity contribution in [2.24, 2.45) is 35.1 Å². The van der Waals surface area contributed by atoms with Gasteiger partial charge in [-0.05, 0) is 115 Å². The van der Waals surface area contributed by atoms with Crippen LogP contribution in [0.1, 0.15) is 96.8 Å². The second kappa shape index (κ2) is 11.6. The summed E-state index contributed by atoms with van der Waals surface area (Å²) in [5.41, 5.74) is 11.5. The molecule has 2 aliphatic heterocycles. The molecule has 6 N–H and O–H groups in total. The fourth-order valence-corrected chi connectivity index (χ4v) is 8.67. The van der Waals surface area contributed by atoms with E-state index in [4.69, 9.17) is 16.9 Å². The Morgan fingerprint density at radius 1 is 0.892 bits per heavy atom. The van der Waals surface area contributed by atoms with E-state index in [9.17, 15) is 9.59 Å². The maximum absolute atomic E-state index is 13.9. The molecule has 5 fully saturated rings. The standard InChI is InChI=1S/C29H50N6O2/c1-18-4-3-13-34(18)24-6-2-5-23(16-24)33-29(37)26-14-21-11-12-22(27(30)31)15-25(21)35(26)17-19-7-9-20(10-8-19)28(32)36/h18-26H,2-17H2,1H3,(H3,30,31)(H2,32,36)(H,33,37)/t18-,19?,20?,21?,22?,23?,24?,25?,26?/m0/s1. The predicted octanol–water partition coefficient (Wildman–Crippen LogP) is 2.98. The topological polar surface area (TPSA) is 129 Å². The van der Waals surface area contributed by atoms with E-state index in [1.807, 2.05) is 0 Å². The lowest BCUT2D eigenvalue weighted by Crippen LogP contribution is -2.53. The highest BCUT2D eigenvalue weighted by Gasteiger charge is 2.48. The van der Waals surface area contributed by atoms with Crippen molar-refractivity contribution in [2.45, 2.75) is 127 Å². The lowest BCUT2D eigenvalue weighted by molar-refractivity contribution is -0.127. The van der Waals surface area contributed by atoms with Crippen LogP contribution in [-0.4, -0.2) is 70.7 Å². The Morgan fingerprint density at radius 2 is 1.65 bits per heavy atom. The Bertz CT molecular complexity index is 842. The van der Waals surface area contributed by atoms with E-state index >= 15 is 0 Å². The molecule has 8 heteroatoms. The van der Waals surface area contributed by atoms with Gasteiger partial charge in [0.1, 0.15) is 0 Å². The van der Waals surface area contributed by atoms with Crippen LogP contribution in [0.3, 0.4) is 0 Å². The van der Waals surface area contributed by atoms with E-state index < -0.39 is 0 Å². The van der Waals surface area contributed by atoms with Gasteiger partial charge in [0, 0.05) is 42.5 Å². The number of rotatable bonds is 7. The number of carbonyl (C=O) groups is 2. The Kier molecular flexibility index (Phi) is 8.44. The summed E-state index contributed by atoms with van der Waals surface area (Å²) in [6.07, 6.45) is 14.8. The molecule has 0 aromatic rings. The highest BCUT2D eigenvalue weighted by Crippen LogP contribution is 2.43. The van der Waals surface area contributed by atoms with Gasteiger partial charge in [0.2, 0.25) is 11.8 Å². The molecule has 5 aliphatic rings. The number of nitrogens with zero attached hydrogens (tertiary/aromatic N) is 2. The molecule has 2 heterocycles. The van der Waals surface area contributed by atoms with Gasteiger partial charge in [0.05, 0.1) is 11.9 Å². The summed E-state index contributed by atoms with van der Waals surface area (Å²) >= 11 is 0. The smallest absolute Gasteiger partial charge is 0.237 e. The Morgan fingerprint density at radius 3 is 2.32 bits per heavy atom. The van der Waals surface area contributed by atoms with Crippen molar-refractivity contribution in [1.29, 1.82) is 5.41 Å². The molecule has 208 valence electrons. The summed E-state index contributed by atoms with van der Waals surface area (Å²) in [6, 6.07) is 1.80. The number of hydrogen-bond acceptors (Lipinski definition) is 5. The number of amides is 2. The van der Waals surface area contributed by atoms with Crippen molar-refractivity contribution in [3.05, 3.63) is 0 Å². The SMILES string of the molecule is C[C@H]1CCCN1C1CCCC(NC(=O)C2CC3CCC(C(=N)N)CC3N2CC2CCC(C(N)=O)CC2)C1. The molecule has 2 saturated heterocycles. The average molecular weight is 515 g/mol. The van der Waals surface area contributed by atoms with Gasteiger partial charge < -0.3 is 16.8 Å². The summed E-state index contributed by atoms with van der Waals surface area (Å²) in [6.45, 7) is 4.48. The molecule has 2 amide bonds. The summed E-state index contributed by atoms with van der Waals surface area (Å²) < 4.78 is 0. The van der Waals surface area contributed by atoms with Crippen LogP contribution >= 0.6 is 0 Å². The molecule has 8 nitrogen and oxygen atoms in total. The maximum atomic E-state index is 13.9. The highest BCUT2D eigenvalue weighted by molar-refractivity contribution is 5.83. The van der Waals surface area contributed by atoms with Gasteiger partial charge in [-0.25, -0.2) is 0 Å². The molecular weight excluding hydrogens is 464 g/mol. The molecule has 3 saturated carbocycles. The summed E-state index contributed by atoms with van der Waals surface area (Å²) in [5, 5.41) is 11.6. The van der Waals surface area contributed by atoms with Crippen molar-refractivity contribution in [1.82, 2.24) is 15.1 Å². The summed E-state index contributed by atoms with van der Waals surface area (Å²) in [7, 11) is 0. The minimum absolute atomic E-state index is 0.0102. The normalized spacial score (nSPS) is 41.3. The van der Waals surface area contributed by atoms with Crippen molar-refractivity contribution >= 4 is 17.6 Å². The Labute approximate surface area is 223 Å². The third-order valence-electron chi connectivity index (χ3n) is 10.8. The molecule has 5 rings (SSSR count). The molecule has 7 atom stereocenters. The van der Waals surface area contributed by atoms with Crippen LogP contribution < -0.4 is 16.8 Å². The fraction of sp³-hybridized carbons (Fsp3) is 0.897. The number of nitrogens with one attached hydrogen (secondary N) is 2. The number of fused-ring (bicyclic) bond motifs is 1. The van der Waals surface area contributed by atoms with E-state index in [-0.39, 0.29) is 35.7 Å². The summed E-state index contributed by atoms with van der Waals surface area (Å²) in [5.74, 6) is 1.52. The minimum atomic E-state index is -0.164. The zero-order valence-electron chi connectivity index (χ0n) is 22.9. The van der Waals surface area contributed by atoms with Gasteiger partial charge in [0.25, 0.3) is 0 Å². The van der Waals surface area contributed by atoms with E-state index in [1.54, 1.807) is 0 Å². The van der Waals surface area contributed by atoms with Crippen LogP contribution in [-0.2, 0) is 9.59 Å². The first-order valence-electron chi connectivity index (χ1n) is 15.2. The molecule has 0 aromatic heterocycles. The van der Waals surface area contributed by atoms with Crippen LogP contribution in [0.2, 0.25) is 0 Å². The molecule has 0 aromatic carbocycles. The molecule has 0 spiro atoms. The summed E-state index contributed by atoms with van der Waals surface area (Å²) in [4.78, 5) is 30.7. The van der Waals surface area contributed by atoms with Gasteiger partial charge in [-0.3, -0.25) is 24.8 Å². The molecular formula is C29H50N6O2. The number of likely N-dealkylation sites (tertiary alicyclic amines) is 2. The average Bonchev–Trinajstić information content (AvgIpc) is 3.47. The van der Waals surface area contributed by atoms with Crippen LogP contribution in [0.15, 0.2) is 0 Å². The first-order valence-corrected chi connectivity index (χ1v) is 15.2. The van der Waals surface area contributed by atoms with Crippen molar-refractivity contribution in [3.63, 3.8) is 0 Å². The maximum Gasteiger partial charge on any atom is 0.237 e. The van der Waals surface area contributed by atoms with E-state index in [0.717, 1.165) is 70.8 Å². The zero-order valence-corrected chi connectivity index (χ0v) is 22.9. The molecule has 0 bridgehead atoms. The molecule has 0 radical (unpaired) electrons. The van der Waals surface area contributed by atoms with Gasteiger partial charge in [0.15, 0.2) is 0 Å². The zero-order chi connectivity index (χ0) is 26.1. The van der Waals surface area contributed by atoms with Gasteiger partial charge in [-0.2, -0.15) is 0 Å². The second-order valence-corrected chi connectivity index (χ2v) is 13.1. The largest absolute Gasteiger partial charge is 0.387 e. The van der Waals surface area contributed by atoms with Crippen molar-refractivity contribution in [3.8, 4) is 0 Å². The minimum Gasteiger partial charge on any atom is -0.387 e. The third kappa shape index (κ3) is 6.00. The second-order valence-electron chi connectivity index (χ2n) is 13.1. The lowest BCUT2D eigenvalue weighted by atomic mass is 9.77. The fourth-order valence-electron chi connectivity index (χ4n) is 8.67. The number of carbonyl (C=O) groups excluding carboxylic acids is 2. The first-order chi connectivity index (χ1) is 17.8. The quantitative estimate of drug-likeness (QED) is 0.307. The van der Waals surface area contributed by atoms with Gasteiger partial charge in [-0.1, -0.05) is 0 Å². The number of hydrogen-bond donors (Lipinski definition) is 4. The van der Waals surface area contributed by atoms with Crippen molar-refractivity contribution in [2.75, 3.05) is 13.1 Å². The molecule has 37 heavy (non-hydrogen) atoms. The van der Waals surface area contributed by atoms with Crippen molar-refractivity contribution < 1.29 is 9.59 Å². The van der Waals surface area contributed by atoms with Gasteiger partial charge >= 0.3 is 0 Å². The number of nitrogens with two attached hydrogens (primary N) is 2. The van der Waals surface area contributed by atoms with E-state index in [1.165, 1.54) is 32.2 Å². The van der Waals surface area contributed by atoms with Crippen LogP contribution in [0.5, 0.6) is 0 Å². The lowest BCUT2D eigenvalue weighted by Gasteiger charge is -2.40. The Balaban J connectivity index is 1.25.